The van der Waals surface area contributed by atoms with Gasteiger partial charge < -0.3 is 9.64 Å². The Hall–Kier alpha value is -2.95. The lowest BCUT2D eigenvalue weighted by Crippen LogP contribution is -2.27. The molecule has 0 aliphatic heterocycles. The molecule has 0 saturated carbocycles. The summed E-state index contributed by atoms with van der Waals surface area (Å²) < 4.78 is 5.92. The Kier molecular flexibility index (Phi) is 8.39. The van der Waals surface area contributed by atoms with Gasteiger partial charge in [0.15, 0.2) is 0 Å². The molecule has 3 aromatic rings. The highest BCUT2D eigenvalue weighted by molar-refractivity contribution is 6.53. The molecule has 0 fully saturated rings. The minimum atomic E-state index is 0.376. The third kappa shape index (κ3) is 6.03. The van der Waals surface area contributed by atoms with Crippen LogP contribution in [0, 0.1) is 4.91 Å². The number of rotatable bonds is 10. The summed E-state index contributed by atoms with van der Waals surface area (Å²) in [5, 5.41) is 3.57. The van der Waals surface area contributed by atoms with Gasteiger partial charge in [-0.3, -0.25) is 0 Å². The summed E-state index contributed by atoms with van der Waals surface area (Å²) in [6.07, 6.45) is 0. The monoisotopic (exact) mass is 434 g/mol. The van der Waals surface area contributed by atoms with Crippen LogP contribution in [0.1, 0.15) is 30.5 Å². The Balaban J connectivity index is 1.89. The predicted molar refractivity (Wildman–Crippen MR) is 130 cm³/mol. The zero-order valence-electron chi connectivity index (χ0n) is 17.9. The number of halogens is 1. The molecular weight excluding hydrogens is 408 g/mol. The van der Waals surface area contributed by atoms with Crippen molar-refractivity contribution in [2.45, 2.75) is 13.8 Å². The first-order chi connectivity index (χ1) is 15.2. The second-order valence-corrected chi connectivity index (χ2v) is 7.47. The highest BCUT2D eigenvalue weighted by Crippen LogP contribution is 2.36. The number of ether oxygens (including phenoxy) is 1. The van der Waals surface area contributed by atoms with Crippen molar-refractivity contribution in [1.82, 2.24) is 4.90 Å². The van der Waals surface area contributed by atoms with Gasteiger partial charge >= 0.3 is 0 Å². The molecule has 0 amide bonds. The van der Waals surface area contributed by atoms with Crippen LogP contribution >= 0.6 is 11.6 Å². The van der Waals surface area contributed by atoms with Crippen LogP contribution in [0.3, 0.4) is 0 Å². The van der Waals surface area contributed by atoms with Crippen molar-refractivity contribution in [3.05, 3.63) is 100 Å². The van der Waals surface area contributed by atoms with Crippen LogP contribution in [0.5, 0.6) is 5.75 Å². The molecule has 0 heterocycles. The Morgan fingerprint density at radius 1 is 0.839 bits per heavy atom. The summed E-state index contributed by atoms with van der Waals surface area (Å²) in [4.78, 5) is 13.1. The number of nitroso groups, excluding NO2 is 1. The van der Waals surface area contributed by atoms with E-state index in [2.05, 4.69) is 23.9 Å². The van der Waals surface area contributed by atoms with E-state index in [-0.39, 0.29) is 0 Å². The van der Waals surface area contributed by atoms with Crippen LogP contribution in [0.2, 0.25) is 0 Å². The second-order valence-electron chi connectivity index (χ2n) is 7.09. The van der Waals surface area contributed by atoms with Crippen LogP contribution < -0.4 is 4.74 Å². The van der Waals surface area contributed by atoms with Gasteiger partial charge in [0.1, 0.15) is 18.0 Å². The molecule has 0 N–H and O–H groups in total. The summed E-state index contributed by atoms with van der Waals surface area (Å²) >= 11 is 6.86. The van der Waals surface area contributed by atoms with E-state index in [1.54, 1.807) is 12.1 Å². The third-order valence-electron chi connectivity index (χ3n) is 5.22. The largest absolute Gasteiger partial charge is 0.492 e. The van der Waals surface area contributed by atoms with Crippen molar-refractivity contribution >= 4 is 27.9 Å². The molecule has 3 rings (SSSR count). The molecule has 0 aromatic heterocycles. The molecule has 0 radical (unpaired) electrons. The van der Waals surface area contributed by atoms with Crippen LogP contribution in [-0.4, -0.2) is 31.1 Å². The van der Waals surface area contributed by atoms with Gasteiger partial charge in [-0.15, -0.1) is 4.91 Å². The van der Waals surface area contributed by atoms with Gasteiger partial charge in [-0.05, 0) is 59.2 Å². The SMILES string of the molecule is CCN(CC)CCOc1ccc(/C(=C(/Cl)c2ccc(N=O)cc2)c2ccccc2)cc1. The Bertz CT molecular complexity index is 996. The van der Waals surface area contributed by atoms with Crippen molar-refractivity contribution in [3.8, 4) is 5.75 Å². The summed E-state index contributed by atoms with van der Waals surface area (Å²) in [5.74, 6) is 0.834. The fourth-order valence-corrected chi connectivity index (χ4v) is 3.73. The lowest BCUT2D eigenvalue weighted by Gasteiger charge is -2.18. The van der Waals surface area contributed by atoms with Crippen LogP contribution in [0.4, 0.5) is 5.69 Å². The molecular formula is C26H27ClN2O2. The molecule has 0 spiro atoms. The van der Waals surface area contributed by atoms with Gasteiger partial charge in [0.05, 0.1) is 5.03 Å². The van der Waals surface area contributed by atoms with Crippen molar-refractivity contribution in [3.63, 3.8) is 0 Å². The number of likely N-dealkylation sites (N-methyl/N-ethyl adjacent to an activating group) is 1. The normalized spacial score (nSPS) is 11.9. The lowest BCUT2D eigenvalue weighted by molar-refractivity contribution is 0.223. The van der Waals surface area contributed by atoms with Crippen LogP contribution in [0.25, 0.3) is 10.6 Å². The maximum absolute atomic E-state index is 10.7. The topological polar surface area (TPSA) is 41.9 Å². The molecule has 0 atom stereocenters. The maximum atomic E-state index is 10.7. The van der Waals surface area contributed by atoms with Crippen molar-refractivity contribution in [2.75, 3.05) is 26.2 Å². The van der Waals surface area contributed by atoms with E-state index in [0.717, 1.165) is 47.6 Å². The number of nitrogens with zero attached hydrogens (tertiary/aromatic N) is 2. The first kappa shape index (κ1) is 22.7. The zero-order valence-corrected chi connectivity index (χ0v) is 18.7. The average Bonchev–Trinajstić information content (AvgIpc) is 2.83. The van der Waals surface area contributed by atoms with E-state index in [0.29, 0.717) is 17.3 Å². The van der Waals surface area contributed by atoms with Crippen molar-refractivity contribution in [2.24, 2.45) is 5.18 Å². The first-order valence-electron chi connectivity index (χ1n) is 10.5. The standard InChI is InChI=1S/C26H27ClN2O2/c1-3-29(4-2)18-19-31-24-16-12-21(13-17-24)25(20-8-6-5-7-9-20)26(27)22-10-14-23(28-30)15-11-22/h5-17H,3-4,18-19H2,1-2H3/b26-25+. The van der Waals surface area contributed by atoms with Gasteiger partial charge in [-0.25, -0.2) is 0 Å². The van der Waals surface area contributed by atoms with Gasteiger partial charge in [-0.1, -0.05) is 80.0 Å². The highest BCUT2D eigenvalue weighted by atomic mass is 35.5. The fraction of sp³-hybridized carbons (Fsp3) is 0.231. The molecule has 0 unspecified atom stereocenters. The highest BCUT2D eigenvalue weighted by Gasteiger charge is 2.13. The van der Waals surface area contributed by atoms with E-state index < -0.39 is 0 Å². The Morgan fingerprint density at radius 3 is 2.00 bits per heavy atom. The van der Waals surface area contributed by atoms with E-state index in [4.69, 9.17) is 16.3 Å². The quantitative estimate of drug-likeness (QED) is 0.256. The van der Waals surface area contributed by atoms with Gasteiger partial charge in [0.25, 0.3) is 0 Å². The van der Waals surface area contributed by atoms with Crippen molar-refractivity contribution in [1.29, 1.82) is 0 Å². The molecule has 3 aromatic carbocycles. The maximum Gasteiger partial charge on any atom is 0.119 e. The van der Waals surface area contributed by atoms with E-state index in [1.165, 1.54) is 0 Å². The fourth-order valence-electron chi connectivity index (χ4n) is 3.39. The van der Waals surface area contributed by atoms with Crippen molar-refractivity contribution < 1.29 is 4.74 Å². The lowest BCUT2D eigenvalue weighted by atomic mass is 9.95. The molecule has 4 nitrogen and oxygen atoms in total. The number of hydrogen-bond donors (Lipinski definition) is 0. The summed E-state index contributed by atoms with van der Waals surface area (Å²) in [6, 6.07) is 25.0. The van der Waals surface area contributed by atoms with E-state index in [1.807, 2.05) is 66.7 Å². The zero-order chi connectivity index (χ0) is 22.1. The molecule has 0 aliphatic carbocycles. The third-order valence-corrected chi connectivity index (χ3v) is 5.63. The molecule has 5 heteroatoms. The molecule has 0 bridgehead atoms. The van der Waals surface area contributed by atoms with Gasteiger partial charge in [0.2, 0.25) is 0 Å². The van der Waals surface area contributed by atoms with E-state index in [9.17, 15) is 4.91 Å². The van der Waals surface area contributed by atoms with Gasteiger partial charge in [-0.2, -0.15) is 0 Å². The van der Waals surface area contributed by atoms with Crippen LogP contribution in [0.15, 0.2) is 84.0 Å². The summed E-state index contributed by atoms with van der Waals surface area (Å²) in [6.45, 7) is 7.91. The molecule has 0 aliphatic rings. The molecule has 31 heavy (non-hydrogen) atoms. The number of benzene rings is 3. The summed E-state index contributed by atoms with van der Waals surface area (Å²) in [7, 11) is 0. The minimum absolute atomic E-state index is 0.376. The summed E-state index contributed by atoms with van der Waals surface area (Å²) in [5.41, 5.74) is 4.13. The van der Waals surface area contributed by atoms with Gasteiger partial charge in [0, 0.05) is 12.1 Å². The van der Waals surface area contributed by atoms with Crippen LogP contribution in [-0.2, 0) is 0 Å². The Morgan fingerprint density at radius 2 is 1.42 bits per heavy atom. The number of hydrogen-bond acceptors (Lipinski definition) is 4. The second kappa shape index (κ2) is 11.4. The van der Waals surface area contributed by atoms with E-state index >= 15 is 0 Å². The average molecular weight is 435 g/mol. The minimum Gasteiger partial charge on any atom is -0.492 e. The predicted octanol–water partition coefficient (Wildman–Crippen LogP) is 6.96. The first-order valence-corrected chi connectivity index (χ1v) is 10.9. The molecule has 0 saturated heterocycles. The smallest absolute Gasteiger partial charge is 0.119 e. The Labute approximate surface area is 189 Å². The molecule has 160 valence electrons.